The van der Waals surface area contributed by atoms with Crippen molar-refractivity contribution in [2.45, 2.75) is 19.9 Å². The molecule has 0 aromatic heterocycles. The van der Waals surface area contributed by atoms with E-state index < -0.39 is 0 Å². The highest BCUT2D eigenvalue weighted by Gasteiger charge is 2.06. The smallest absolute Gasteiger partial charge is 0.151 e. The van der Waals surface area contributed by atoms with Crippen LogP contribution in [-0.2, 0) is 4.74 Å². The SMILES string of the molecule is C=N/C=C\N=CC(N)=C(C)C(N=C)=N[C@H](C)COC. The summed E-state index contributed by atoms with van der Waals surface area (Å²) in [5.41, 5.74) is 7.05. The Balaban J connectivity index is 5.03. The highest BCUT2D eigenvalue weighted by molar-refractivity contribution is 6.04. The van der Waals surface area contributed by atoms with Crippen LogP contribution in [0.4, 0.5) is 0 Å². The number of amidine groups is 1. The van der Waals surface area contributed by atoms with Crippen LogP contribution in [0.15, 0.2) is 43.6 Å². The molecule has 0 aliphatic rings. The summed E-state index contributed by atoms with van der Waals surface area (Å²) in [6.45, 7) is 11.0. The van der Waals surface area contributed by atoms with E-state index in [1.54, 1.807) is 7.11 Å². The van der Waals surface area contributed by atoms with E-state index in [1.807, 2.05) is 13.8 Å². The summed E-state index contributed by atoms with van der Waals surface area (Å²) >= 11 is 0. The number of rotatable bonds is 7. The standard InChI is InChI=1S/C13H21N5O/c1-10(9-19-5)18-13(16-4)11(2)12(14)8-17-7-6-15-3/h6-8,10H,3-4,9,14H2,1-2,5H3/b7-6-,12-11?,17-8?,18-13?/t10-/m1/s1. The second-order valence-electron chi connectivity index (χ2n) is 3.75. The Morgan fingerprint density at radius 2 is 2.05 bits per heavy atom. The van der Waals surface area contributed by atoms with Crippen molar-refractivity contribution < 1.29 is 4.74 Å². The molecule has 0 saturated heterocycles. The van der Waals surface area contributed by atoms with Crippen molar-refractivity contribution in [2.75, 3.05) is 13.7 Å². The van der Waals surface area contributed by atoms with Gasteiger partial charge in [0.2, 0.25) is 0 Å². The second-order valence-corrected chi connectivity index (χ2v) is 3.75. The summed E-state index contributed by atoms with van der Waals surface area (Å²) in [5.74, 6) is 0.485. The van der Waals surface area contributed by atoms with Gasteiger partial charge >= 0.3 is 0 Å². The van der Waals surface area contributed by atoms with Crippen LogP contribution in [0, 0.1) is 0 Å². The first-order valence-electron chi connectivity index (χ1n) is 5.71. The highest BCUT2D eigenvalue weighted by atomic mass is 16.5. The molecule has 0 aromatic rings. The summed E-state index contributed by atoms with van der Waals surface area (Å²) in [5, 5.41) is 0. The molecule has 0 unspecified atom stereocenters. The minimum Gasteiger partial charge on any atom is -0.397 e. The van der Waals surface area contributed by atoms with Gasteiger partial charge in [0.1, 0.15) is 0 Å². The molecular formula is C13H21N5O. The van der Waals surface area contributed by atoms with Gasteiger partial charge in [-0.2, -0.15) is 0 Å². The number of hydrogen-bond donors (Lipinski definition) is 1. The molecule has 0 bridgehead atoms. The molecule has 2 N–H and O–H groups in total. The molecule has 0 radical (unpaired) electrons. The Labute approximate surface area is 114 Å². The van der Waals surface area contributed by atoms with Crippen molar-refractivity contribution in [3.63, 3.8) is 0 Å². The van der Waals surface area contributed by atoms with Crippen molar-refractivity contribution >= 4 is 25.5 Å². The van der Waals surface area contributed by atoms with Gasteiger partial charge in [-0.25, -0.2) is 4.99 Å². The van der Waals surface area contributed by atoms with Crippen LogP contribution in [0.5, 0.6) is 0 Å². The van der Waals surface area contributed by atoms with E-state index in [4.69, 9.17) is 10.5 Å². The lowest BCUT2D eigenvalue weighted by molar-refractivity contribution is 0.186. The minimum atomic E-state index is -0.0185. The summed E-state index contributed by atoms with van der Waals surface area (Å²) in [4.78, 5) is 15.7. The van der Waals surface area contributed by atoms with E-state index in [9.17, 15) is 0 Å². The lowest BCUT2D eigenvalue weighted by atomic mass is 10.2. The molecule has 0 aliphatic carbocycles. The van der Waals surface area contributed by atoms with Gasteiger partial charge in [-0.3, -0.25) is 15.0 Å². The third kappa shape index (κ3) is 7.05. The molecular weight excluding hydrogens is 242 g/mol. The lowest BCUT2D eigenvalue weighted by Crippen LogP contribution is -2.14. The van der Waals surface area contributed by atoms with E-state index in [1.165, 1.54) is 18.6 Å². The van der Waals surface area contributed by atoms with Crippen LogP contribution in [0.1, 0.15) is 13.8 Å². The Kier molecular flexibility index (Phi) is 8.82. The average molecular weight is 263 g/mol. The monoisotopic (exact) mass is 263 g/mol. The Hall–Kier alpha value is -2.08. The van der Waals surface area contributed by atoms with E-state index in [0.717, 1.165) is 0 Å². The molecule has 1 atom stereocenters. The van der Waals surface area contributed by atoms with Gasteiger partial charge in [-0.05, 0) is 27.3 Å². The van der Waals surface area contributed by atoms with E-state index in [2.05, 4.69) is 33.4 Å². The minimum absolute atomic E-state index is 0.0185. The van der Waals surface area contributed by atoms with E-state index in [-0.39, 0.29) is 6.04 Å². The zero-order valence-electron chi connectivity index (χ0n) is 11.7. The van der Waals surface area contributed by atoms with Crippen LogP contribution >= 0.6 is 0 Å². The maximum absolute atomic E-state index is 5.88. The van der Waals surface area contributed by atoms with Crippen LogP contribution in [-0.4, -0.2) is 45.2 Å². The Bertz CT molecular complexity index is 421. The fraction of sp³-hybridized carbons (Fsp3) is 0.385. The Morgan fingerprint density at radius 1 is 1.37 bits per heavy atom. The average Bonchev–Trinajstić information content (AvgIpc) is 2.40. The van der Waals surface area contributed by atoms with E-state index in [0.29, 0.717) is 23.7 Å². The molecule has 0 saturated carbocycles. The van der Waals surface area contributed by atoms with Crippen molar-refractivity contribution in [1.29, 1.82) is 0 Å². The molecule has 0 spiro atoms. The van der Waals surface area contributed by atoms with Crippen LogP contribution in [0.2, 0.25) is 0 Å². The maximum Gasteiger partial charge on any atom is 0.151 e. The van der Waals surface area contributed by atoms with Crippen LogP contribution in [0.25, 0.3) is 0 Å². The van der Waals surface area contributed by atoms with Crippen molar-refractivity contribution in [1.82, 2.24) is 0 Å². The molecule has 0 aliphatic heterocycles. The van der Waals surface area contributed by atoms with Crippen molar-refractivity contribution in [3.05, 3.63) is 23.7 Å². The highest BCUT2D eigenvalue weighted by Crippen LogP contribution is 2.04. The molecule has 0 rings (SSSR count). The Morgan fingerprint density at radius 3 is 2.58 bits per heavy atom. The molecule has 0 heterocycles. The third-order valence-corrected chi connectivity index (χ3v) is 2.14. The van der Waals surface area contributed by atoms with Gasteiger partial charge in [0.15, 0.2) is 5.84 Å². The largest absolute Gasteiger partial charge is 0.397 e. The summed E-state index contributed by atoms with van der Waals surface area (Å²) in [6.07, 6.45) is 4.44. The first kappa shape index (κ1) is 16.9. The topological polar surface area (TPSA) is 84.7 Å². The van der Waals surface area contributed by atoms with E-state index >= 15 is 0 Å². The van der Waals surface area contributed by atoms with Gasteiger partial charge in [-0.1, -0.05) is 0 Å². The number of nitrogens with two attached hydrogens (primary N) is 1. The third-order valence-electron chi connectivity index (χ3n) is 2.14. The van der Waals surface area contributed by atoms with Crippen molar-refractivity contribution in [2.24, 2.45) is 25.7 Å². The van der Waals surface area contributed by atoms with Gasteiger partial charge in [0.05, 0.1) is 24.6 Å². The number of ether oxygens (including phenoxy) is 1. The second kappa shape index (κ2) is 9.90. The number of methoxy groups -OCH3 is 1. The molecule has 6 nitrogen and oxygen atoms in total. The molecule has 19 heavy (non-hydrogen) atoms. The van der Waals surface area contributed by atoms with Crippen LogP contribution < -0.4 is 5.73 Å². The normalized spacial score (nSPS) is 15.6. The zero-order valence-corrected chi connectivity index (χ0v) is 11.7. The molecule has 0 fully saturated rings. The first-order chi connectivity index (χ1) is 9.06. The lowest BCUT2D eigenvalue weighted by Gasteiger charge is -2.08. The van der Waals surface area contributed by atoms with Gasteiger partial charge < -0.3 is 10.5 Å². The van der Waals surface area contributed by atoms with Gasteiger partial charge in [0.25, 0.3) is 0 Å². The predicted molar refractivity (Wildman–Crippen MR) is 82.4 cm³/mol. The number of allylic oxidation sites excluding steroid dienone is 1. The predicted octanol–water partition coefficient (Wildman–Crippen LogP) is 1.60. The number of aliphatic imine (C=N–C) groups is 4. The molecule has 6 heteroatoms. The quantitative estimate of drug-likeness (QED) is 0.558. The summed E-state index contributed by atoms with van der Waals surface area (Å²) < 4.78 is 5.01. The van der Waals surface area contributed by atoms with Crippen molar-refractivity contribution in [3.8, 4) is 0 Å². The fourth-order valence-electron chi connectivity index (χ4n) is 1.18. The zero-order chi connectivity index (χ0) is 14.7. The number of nitrogens with zero attached hydrogens (tertiary/aromatic N) is 4. The summed E-state index contributed by atoms with van der Waals surface area (Å²) in [7, 11) is 1.62. The van der Waals surface area contributed by atoms with Gasteiger partial charge in [0, 0.05) is 25.1 Å². The maximum atomic E-state index is 5.88. The summed E-state index contributed by atoms with van der Waals surface area (Å²) in [6, 6.07) is -0.0185. The molecule has 0 amide bonds. The fourth-order valence-corrected chi connectivity index (χ4v) is 1.18. The molecule has 104 valence electrons. The molecule has 0 aromatic carbocycles. The first-order valence-corrected chi connectivity index (χ1v) is 5.71. The van der Waals surface area contributed by atoms with Gasteiger partial charge in [-0.15, -0.1) is 0 Å². The van der Waals surface area contributed by atoms with Crippen LogP contribution in [0.3, 0.4) is 0 Å². The number of hydrogen-bond acceptors (Lipinski definition) is 5.